The summed E-state index contributed by atoms with van der Waals surface area (Å²) in [4.78, 5) is 7.49. The lowest BCUT2D eigenvalue weighted by Crippen LogP contribution is -2.31. The Labute approximate surface area is 133 Å². The standard InChI is InChI=1S/C15H19ClFN3S/c1-10(15(18)13-5-3-11(17)7-19-13)8-20(2)9-12-4-6-14(16)21-12/h3-7,10,15H,8-9,18H2,1-2H3. The first-order valence-corrected chi connectivity index (χ1v) is 7.95. The van der Waals surface area contributed by atoms with Crippen molar-refractivity contribution in [3.05, 3.63) is 51.2 Å². The summed E-state index contributed by atoms with van der Waals surface area (Å²) < 4.78 is 13.7. The zero-order valence-corrected chi connectivity index (χ0v) is 13.7. The normalized spacial score (nSPS) is 14.4. The van der Waals surface area contributed by atoms with Gasteiger partial charge in [-0.3, -0.25) is 4.98 Å². The number of hydrogen-bond donors (Lipinski definition) is 1. The Kier molecular flexibility index (Phi) is 5.70. The van der Waals surface area contributed by atoms with Crippen LogP contribution in [0.15, 0.2) is 30.5 Å². The van der Waals surface area contributed by atoms with Gasteiger partial charge in [-0.05, 0) is 37.2 Å². The van der Waals surface area contributed by atoms with Crippen LogP contribution in [0.2, 0.25) is 4.34 Å². The Morgan fingerprint density at radius 3 is 2.71 bits per heavy atom. The molecule has 0 aliphatic heterocycles. The molecule has 0 bridgehead atoms. The Morgan fingerprint density at radius 2 is 2.14 bits per heavy atom. The molecule has 2 aromatic rings. The van der Waals surface area contributed by atoms with Gasteiger partial charge in [0.15, 0.2) is 0 Å². The highest BCUT2D eigenvalue weighted by Gasteiger charge is 2.18. The molecule has 0 radical (unpaired) electrons. The summed E-state index contributed by atoms with van der Waals surface area (Å²) in [6.45, 7) is 3.74. The third-order valence-corrected chi connectivity index (χ3v) is 4.58. The van der Waals surface area contributed by atoms with Gasteiger partial charge < -0.3 is 10.6 Å². The molecule has 3 nitrogen and oxygen atoms in total. The van der Waals surface area contributed by atoms with Crippen LogP contribution >= 0.6 is 22.9 Å². The number of aromatic nitrogens is 1. The van der Waals surface area contributed by atoms with Crippen LogP contribution in [-0.2, 0) is 6.54 Å². The maximum absolute atomic E-state index is 12.9. The number of halogens is 2. The Bertz CT molecular complexity index is 573. The number of pyridine rings is 1. The monoisotopic (exact) mass is 327 g/mol. The van der Waals surface area contributed by atoms with Crippen molar-refractivity contribution in [2.45, 2.75) is 19.5 Å². The van der Waals surface area contributed by atoms with Crippen LogP contribution in [0.25, 0.3) is 0 Å². The maximum atomic E-state index is 12.9. The van der Waals surface area contributed by atoms with Gasteiger partial charge in [-0.2, -0.15) is 0 Å². The molecule has 2 unspecified atom stereocenters. The highest BCUT2D eigenvalue weighted by Crippen LogP contribution is 2.24. The molecule has 0 saturated carbocycles. The molecule has 2 N–H and O–H groups in total. The molecule has 0 aromatic carbocycles. The highest BCUT2D eigenvalue weighted by atomic mass is 35.5. The van der Waals surface area contributed by atoms with Crippen molar-refractivity contribution in [2.24, 2.45) is 11.7 Å². The second-order valence-electron chi connectivity index (χ2n) is 5.31. The summed E-state index contributed by atoms with van der Waals surface area (Å²) in [5.74, 6) is -0.131. The molecule has 0 amide bonds. The summed E-state index contributed by atoms with van der Waals surface area (Å²) in [5, 5.41) is 0. The average molecular weight is 328 g/mol. The van der Waals surface area contributed by atoms with E-state index in [-0.39, 0.29) is 17.8 Å². The van der Waals surface area contributed by atoms with Gasteiger partial charge in [0.2, 0.25) is 0 Å². The van der Waals surface area contributed by atoms with E-state index in [4.69, 9.17) is 17.3 Å². The second kappa shape index (κ2) is 7.31. The van der Waals surface area contributed by atoms with Crippen LogP contribution in [0.3, 0.4) is 0 Å². The zero-order chi connectivity index (χ0) is 15.4. The van der Waals surface area contributed by atoms with Crippen molar-refractivity contribution < 1.29 is 4.39 Å². The second-order valence-corrected chi connectivity index (χ2v) is 7.11. The topological polar surface area (TPSA) is 42.1 Å². The summed E-state index contributed by atoms with van der Waals surface area (Å²) in [7, 11) is 2.05. The van der Waals surface area contributed by atoms with Crippen LogP contribution in [0, 0.1) is 11.7 Å². The van der Waals surface area contributed by atoms with Crippen molar-refractivity contribution in [3.8, 4) is 0 Å². The molecule has 0 fully saturated rings. The molecule has 2 heterocycles. The van der Waals surface area contributed by atoms with Gasteiger partial charge in [-0.25, -0.2) is 4.39 Å². The first-order chi connectivity index (χ1) is 9.95. The van der Waals surface area contributed by atoms with Gasteiger partial charge in [0.05, 0.1) is 22.3 Å². The molecule has 6 heteroatoms. The van der Waals surface area contributed by atoms with E-state index in [1.54, 1.807) is 17.4 Å². The number of hydrogen-bond acceptors (Lipinski definition) is 4. The zero-order valence-electron chi connectivity index (χ0n) is 12.1. The Hall–Kier alpha value is -1.01. The predicted molar refractivity (Wildman–Crippen MR) is 86.0 cm³/mol. The summed E-state index contributed by atoms with van der Waals surface area (Å²) in [5.41, 5.74) is 6.92. The third-order valence-electron chi connectivity index (χ3n) is 3.36. The molecule has 0 aliphatic rings. The van der Waals surface area contributed by atoms with Crippen LogP contribution in [0.4, 0.5) is 4.39 Å². The predicted octanol–water partition coefficient (Wildman–Crippen LogP) is 3.70. The van der Waals surface area contributed by atoms with Crippen LogP contribution in [0.5, 0.6) is 0 Å². The first kappa shape index (κ1) is 16.4. The van der Waals surface area contributed by atoms with Crippen molar-refractivity contribution in [1.29, 1.82) is 0 Å². The Balaban J connectivity index is 1.90. The Morgan fingerprint density at radius 1 is 1.38 bits per heavy atom. The minimum absolute atomic E-state index is 0.208. The smallest absolute Gasteiger partial charge is 0.141 e. The molecule has 0 aliphatic carbocycles. The molecule has 2 atom stereocenters. The third kappa shape index (κ3) is 4.74. The van der Waals surface area contributed by atoms with E-state index in [0.717, 1.165) is 23.1 Å². The van der Waals surface area contributed by atoms with E-state index in [9.17, 15) is 4.39 Å². The van der Waals surface area contributed by atoms with Crippen molar-refractivity contribution in [1.82, 2.24) is 9.88 Å². The number of thiophene rings is 1. The van der Waals surface area contributed by atoms with Crippen LogP contribution < -0.4 is 5.73 Å². The van der Waals surface area contributed by atoms with Gasteiger partial charge in [-0.15, -0.1) is 11.3 Å². The molecule has 2 rings (SSSR count). The van der Waals surface area contributed by atoms with E-state index in [1.807, 2.05) is 12.1 Å². The molecular formula is C15H19ClFN3S. The van der Waals surface area contributed by atoms with Gasteiger partial charge >= 0.3 is 0 Å². The van der Waals surface area contributed by atoms with Gasteiger partial charge in [0, 0.05) is 18.0 Å². The van der Waals surface area contributed by atoms with Crippen molar-refractivity contribution in [3.63, 3.8) is 0 Å². The van der Waals surface area contributed by atoms with E-state index in [1.165, 1.54) is 17.1 Å². The highest BCUT2D eigenvalue weighted by molar-refractivity contribution is 7.16. The fraction of sp³-hybridized carbons (Fsp3) is 0.400. The number of rotatable bonds is 6. The molecule has 0 saturated heterocycles. The SMILES string of the molecule is CC(CN(C)Cc1ccc(Cl)s1)C(N)c1ccc(F)cn1. The van der Waals surface area contributed by atoms with Gasteiger partial charge in [-0.1, -0.05) is 18.5 Å². The lowest BCUT2D eigenvalue weighted by atomic mass is 9.99. The van der Waals surface area contributed by atoms with E-state index >= 15 is 0 Å². The fourth-order valence-corrected chi connectivity index (χ4v) is 3.42. The molecule has 21 heavy (non-hydrogen) atoms. The van der Waals surface area contributed by atoms with Crippen LogP contribution in [-0.4, -0.2) is 23.5 Å². The van der Waals surface area contributed by atoms with E-state index in [0.29, 0.717) is 0 Å². The molecule has 0 spiro atoms. The van der Waals surface area contributed by atoms with E-state index in [2.05, 4.69) is 23.9 Å². The quantitative estimate of drug-likeness (QED) is 0.879. The minimum atomic E-state index is -0.342. The summed E-state index contributed by atoms with van der Waals surface area (Å²) in [6.07, 6.45) is 1.21. The molecule has 114 valence electrons. The lowest BCUT2D eigenvalue weighted by molar-refractivity contribution is 0.258. The molecule has 2 aromatic heterocycles. The van der Waals surface area contributed by atoms with Crippen molar-refractivity contribution >= 4 is 22.9 Å². The molecular weight excluding hydrogens is 309 g/mol. The summed E-state index contributed by atoms with van der Waals surface area (Å²) in [6, 6.07) is 6.78. The van der Waals surface area contributed by atoms with Crippen molar-refractivity contribution in [2.75, 3.05) is 13.6 Å². The van der Waals surface area contributed by atoms with Gasteiger partial charge in [0.1, 0.15) is 5.82 Å². The minimum Gasteiger partial charge on any atom is -0.322 e. The number of nitrogens with zero attached hydrogens (tertiary/aromatic N) is 2. The largest absolute Gasteiger partial charge is 0.322 e. The average Bonchev–Trinajstić information content (AvgIpc) is 2.83. The maximum Gasteiger partial charge on any atom is 0.141 e. The lowest BCUT2D eigenvalue weighted by Gasteiger charge is -2.25. The number of nitrogens with two attached hydrogens (primary N) is 1. The van der Waals surface area contributed by atoms with Crippen LogP contribution in [0.1, 0.15) is 23.5 Å². The fourth-order valence-electron chi connectivity index (χ4n) is 2.25. The summed E-state index contributed by atoms with van der Waals surface area (Å²) >= 11 is 7.52. The first-order valence-electron chi connectivity index (χ1n) is 6.75. The van der Waals surface area contributed by atoms with E-state index < -0.39 is 0 Å². The van der Waals surface area contributed by atoms with Gasteiger partial charge in [0.25, 0.3) is 0 Å².